The second kappa shape index (κ2) is 13.1. The van der Waals surface area contributed by atoms with Crippen LogP contribution in [0.5, 0.6) is 5.75 Å². The minimum Gasteiger partial charge on any atom is -0.496 e. The molecule has 11 heteroatoms. The maximum Gasteiger partial charge on any atom is 0.319 e. The summed E-state index contributed by atoms with van der Waals surface area (Å²) >= 11 is 0. The van der Waals surface area contributed by atoms with Crippen molar-refractivity contribution in [1.82, 2.24) is 19.8 Å². The summed E-state index contributed by atoms with van der Waals surface area (Å²) in [7, 11) is 6.61. The number of aromatic nitrogens is 2. The fourth-order valence-corrected chi connectivity index (χ4v) is 12.4. The number of methoxy groups -OCH3 is 3. The van der Waals surface area contributed by atoms with Gasteiger partial charge in [0.2, 0.25) is 0 Å². The van der Waals surface area contributed by atoms with Crippen LogP contribution in [0.3, 0.4) is 0 Å². The number of aliphatic hydroxyl groups is 1. The van der Waals surface area contributed by atoms with Crippen LogP contribution >= 0.6 is 0 Å². The van der Waals surface area contributed by atoms with Crippen LogP contribution in [-0.4, -0.2) is 109 Å². The van der Waals surface area contributed by atoms with Gasteiger partial charge in [-0.25, -0.2) is 0 Å². The number of esters is 2. The first-order chi connectivity index (χ1) is 26.6. The molecule has 6 aliphatic rings. The van der Waals surface area contributed by atoms with Crippen LogP contribution < -0.4 is 4.74 Å². The number of hydrogen-bond acceptors (Lipinski definition) is 9. The van der Waals surface area contributed by atoms with E-state index in [2.05, 4.69) is 50.1 Å². The largest absolute Gasteiger partial charge is 0.496 e. The lowest BCUT2D eigenvalue weighted by molar-refractivity contribution is -0.169. The number of piperidine rings is 3. The highest BCUT2D eigenvalue weighted by atomic mass is 16.5. The number of rotatable bonds is 6. The van der Waals surface area contributed by atoms with E-state index in [4.69, 9.17) is 14.2 Å². The van der Waals surface area contributed by atoms with E-state index in [1.54, 1.807) is 14.0 Å². The number of likely N-dealkylation sites (tertiary alicyclic amines) is 1. The lowest BCUT2D eigenvalue weighted by atomic mass is 9.56. The number of para-hydroxylation sites is 1. The summed E-state index contributed by atoms with van der Waals surface area (Å²) in [4.78, 5) is 53.8. The summed E-state index contributed by atoms with van der Waals surface area (Å²) in [5, 5.41) is 13.6. The molecule has 1 unspecified atom stereocenters. The lowest BCUT2D eigenvalue weighted by Crippen LogP contribution is -2.68. The molecule has 3 saturated heterocycles. The number of carbonyl (C=O) groups excluding carboxylic acids is 3. The third-order valence-corrected chi connectivity index (χ3v) is 14.7. The molecule has 2 aliphatic carbocycles. The zero-order valence-corrected chi connectivity index (χ0v) is 32.7. The zero-order valence-electron chi connectivity index (χ0n) is 32.7. The number of H-pyrrole nitrogens is 2. The summed E-state index contributed by atoms with van der Waals surface area (Å²) < 4.78 is 17.5. The first-order valence-corrected chi connectivity index (χ1v) is 19.8. The van der Waals surface area contributed by atoms with Gasteiger partial charge in [-0.05, 0) is 82.2 Å². The number of aliphatic hydroxyl groups excluding tert-OH is 1. The summed E-state index contributed by atoms with van der Waals surface area (Å²) in [5.74, 6) is -0.491. The number of nitrogens with zero attached hydrogens (tertiary/aromatic N) is 2. The van der Waals surface area contributed by atoms with Gasteiger partial charge in [0.25, 0.3) is 0 Å². The van der Waals surface area contributed by atoms with Crippen molar-refractivity contribution in [3.05, 3.63) is 76.1 Å². The molecule has 9 atom stereocenters. The Morgan fingerprint density at radius 1 is 1.00 bits per heavy atom. The van der Waals surface area contributed by atoms with E-state index >= 15 is 0 Å². The fraction of sp³-hybridized carbons (Fsp3) is 0.523. The van der Waals surface area contributed by atoms with Gasteiger partial charge in [0, 0.05) is 94.3 Å². The Bertz CT molecular complexity index is 2270. The second-order valence-corrected chi connectivity index (χ2v) is 16.9. The molecule has 4 fully saturated rings. The monoisotopic (exact) mass is 748 g/mol. The minimum absolute atomic E-state index is 0.122. The van der Waals surface area contributed by atoms with Crippen LogP contribution in [0.4, 0.5) is 0 Å². The van der Waals surface area contributed by atoms with Gasteiger partial charge in [0.15, 0.2) is 0 Å². The average molecular weight is 749 g/mol. The number of fused-ring (bicyclic) bond motifs is 9. The maximum absolute atomic E-state index is 14.3. The number of carbonyl (C=O) groups is 3. The Balaban J connectivity index is 1.30. The van der Waals surface area contributed by atoms with Gasteiger partial charge in [-0.15, -0.1) is 0 Å². The van der Waals surface area contributed by atoms with Crippen LogP contribution in [0, 0.1) is 23.2 Å². The van der Waals surface area contributed by atoms with Crippen molar-refractivity contribution in [2.45, 2.75) is 69.4 Å². The normalized spacial score (nSPS) is 33.4. The minimum atomic E-state index is -1.20. The molecule has 2 aromatic heterocycles. The van der Waals surface area contributed by atoms with Crippen molar-refractivity contribution in [2.75, 3.05) is 54.6 Å². The van der Waals surface area contributed by atoms with Gasteiger partial charge in [0.05, 0.1) is 27.9 Å². The van der Waals surface area contributed by atoms with E-state index in [0.29, 0.717) is 38.0 Å². The highest BCUT2D eigenvalue weighted by Gasteiger charge is 2.64. The number of likely N-dealkylation sites (N-methyl/N-ethyl adjacent to an activating group) is 1. The topological polar surface area (TPSA) is 137 Å². The van der Waals surface area contributed by atoms with Crippen molar-refractivity contribution < 1.29 is 33.7 Å². The molecule has 0 spiro atoms. The number of aromatic amines is 2. The zero-order chi connectivity index (χ0) is 38.6. The molecule has 1 saturated carbocycles. The number of nitrogens with one attached hydrogen (secondary N) is 2. The molecule has 4 aromatic rings. The number of Topliss-reactive ketones (excluding diaryl/α,β-unsaturated/α-hetero) is 1. The number of ether oxygens (including phenoxy) is 3. The molecular formula is C44H52N4O7. The summed E-state index contributed by atoms with van der Waals surface area (Å²) in [6.45, 7) is 5.61. The van der Waals surface area contributed by atoms with E-state index in [-0.39, 0.29) is 54.1 Å². The molecule has 3 N–H and O–H groups in total. The molecule has 55 heavy (non-hydrogen) atoms. The quantitative estimate of drug-likeness (QED) is 0.183. The van der Waals surface area contributed by atoms with E-state index in [9.17, 15) is 19.5 Å². The predicted octanol–water partition coefficient (Wildman–Crippen LogP) is 5.03. The van der Waals surface area contributed by atoms with Crippen molar-refractivity contribution in [2.24, 2.45) is 23.2 Å². The molecule has 10 rings (SSSR count). The molecular weight excluding hydrogens is 697 g/mol. The van der Waals surface area contributed by atoms with Crippen molar-refractivity contribution in [3.8, 4) is 5.75 Å². The van der Waals surface area contributed by atoms with Crippen LogP contribution in [0.2, 0.25) is 0 Å². The van der Waals surface area contributed by atoms with Crippen LogP contribution in [0.1, 0.15) is 67.1 Å². The standard InChI is InChI=1S/C44H52N4O7/c1-7-25-21-47(3)37-17-32-26-10-8-9-11-34(26)45-38(32)31(16-33(25)44(37,22-49)42(52)55-6)30-15-29-27-12-13-48-20-24-14-28(23(2)50)40(48)43(19-24,41(51)54-5)39(27)46-35(29)18-36(30)53-4/h7-11,15,18,24,28,31,33,37,40,45-46,49H,12-14,16-17,19-22H2,1-6H3/b25-7-/t24-,28-,31-,33+,37+,40+,43-,44+/m1/s1. The molecule has 4 aliphatic heterocycles. The van der Waals surface area contributed by atoms with E-state index in [0.717, 1.165) is 75.0 Å². The second-order valence-electron chi connectivity index (χ2n) is 16.9. The van der Waals surface area contributed by atoms with Crippen LogP contribution in [0.25, 0.3) is 21.8 Å². The smallest absolute Gasteiger partial charge is 0.319 e. The lowest BCUT2D eigenvalue weighted by Gasteiger charge is -2.57. The molecule has 0 radical (unpaired) electrons. The predicted molar refractivity (Wildman–Crippen MR) is 208 cm³/mol. The van der Waals surface area contributed by atoms with E-state index in [1.165, 1.54) is 14.2 Å². The van der Waals surface area contributed by atoms with Gasteiger partial charge >= 0.3 is 11.9 Å². The number of hydrogen-bond donors (Lipinski definition) is 3. The SMILES string of the molecule is C/C=C1/CN(C)[C@H]2Cc3c([nH]c4ccccc34)[C@@H](c3cc4c5c([nH]c4cc3OC)[C@]3(C(=O)OC)C[C@H]4C[C@H](C(C)=O)[C@@H]3N(CC5)C4)C[C@@H]1[C@]2(CO)C(=O)OC. The van der Waals surface area contributed by atoms with E-state index in [1.807, 2.05) is 26.1 Å². The Morgan fingerprint density at radius 3 is 2.49 bits per heavy atom. The first-order valence-electron chi connectivity index (χ1n) is 19.8. The fourth-order valence-electron chi connectivity index (χ4n) is 12.4. The van der Waals surface area contributed by atoms with Gasteiger partial charge in [-0.2, -0.15) is 0 Å². The Labute approximate surface area is 321 Å². The maximum atomic E-state index is 14.3. The number of allylic oxidation sites excluding steroid dienone is 1. The number of benzene rings is 2. The van der Waals surface area contributed by atoms with Gasteiger partial charge in [-0.1, -0.05) is 29.8 Å². The summed E-state index contributed by atoms with van der Waals surface area (Å²) in [6, 6.07) is 12.0. The van der Waals surface area contributed by atoms with Gasteiger partial charge in [0.1, 0.15) is 22.4 Å². The van der Waals surface area contributed by atoms with Gasteiger partial charge in [-0.3, -0.25) is 24.2 Å². The Morgan fingerprint density at radius 2 is 1.78 bits per heavy atom. The van der Waals surface area contributed by atoms with Gasteiger partial charge < -0.3 is 29.3 Å². The van der Waals surface area contributed by atoms with Crippen molar-refractivity contribution in [1.29, 1.82) is 0 Å². The summed E-state index contributed by atoms with van der Waals surface area (Å²) in [6.07, 6.45) is 5.31. The third-order valence-electron chi connectivity index (χ3n) is 14.7. The Hall–Kier alpha value is -4.45. The van der Waals surface area contributed by atoms with Crippen LogP contribution in [0.15, 0.2) is 48.0 Å². The third kappa shape index (κ3) is 4.88. The summed E-state index contributed by atoms with van der Waals surface area (Å²) in [5.41, 5.74) is 5.89. The number of ketones is 1. The highest BCUT2D eigenvalue weighted by molar-refractivity contribution is 5.94. The molecule has 6 bridgehead atoms. The first kappa shape index (κ1) is 36.2. The molecule has 0 amide bonds. The average Bonchev–Trinajstić information content (AvgIpc) is 3.72. The van der Waals surface area contributed by atoms with E-state index < -0.39 is 16.8 Å². The Kier molecular flexibility index (Phi) is 8.60. The van der Waals surface area contributed by atoms with Crippen molar-refractivity contribution in [3.63, 3.8) is 0 Å². The van der Waals surface area contributed by atoms with Crippen molar-refractivity contribution >= 4 is 39.5 Å². The molecule has 11 nitrogen and oxygen atoms in total. The highest BCUT2D eigenvalue weighted by Crippen LogP contribution is 2.57. The molecule has 2 aromatic carbocycles. The van der Waals surface area contributed by atoms with Crippen LogP contribution in [-0.2, 0) is 42.1 Å². The molecule has 290 valence electrons. The molecule has 6 heterocycles.